The van der Waals surface area contributed by atoms with E-state index in [1.165, 1.54) is 14.1 Å². The summed E-state index contributed by atoms with van der Waals surface area (Å²) in [5.74, 6) is 0. The van der Waals surface area contributed by atoms with Crippen LogP contribution in [0.4, 0.5) is 0 Å². The average Bonchev–Trinajstić information content (AvgIpc) is 2.75. The van der Waals surface area contributed by atoms with E-state index >= 15 is 0 Å². The zero-order chi connectivity index (χ0) is 28.3. The quantitative estimate of drug-likeness (QED) is 0.803. The highest BCUT2D eigenvalue weighted by Gasteiger charge is 2.16. The van der Waals surface area contributed by atoms with Gasteiger partial charge in [0, 0.05) is 13.4 Å². The van der Waals surface area contributed by atoms with E-state index in [1.54, 1.807) is 0 Å². The van der Waals surface area contributed by atoms with E-state index in [-0.39, 0.29) is 0 Å². The Morgan fingerprint density at radius 2 is 1.90 bits per heavy atom. The highest BCUT2D eigenvalue weighted by atomic mass is 16.5. The van der Waals surface area contributed by atoms with Crippen molar-refractivity contribution in [1.82, 2.24) is 4.90 Å². The summed E-state index contributed by atoms with van der Waals surface area (Å²) in [5.41, 5.74) is -3.30. The normalized spacial score (nSPS) is 28.6. The monoisotopic (exact) mass is 285 g/mol. The molecule has 2 unspecified atom stereocenters. The number of rotatable bonds is 6. The minimum Gasteiger partial charge on any atom is -0.367 e. The smallest absolute Gasteiger partial charge is 0.108 e. The molecule has 2 nitrogen and oxygen atoms in total. The van der Waals surface area contributed by atoms with E-state index < -0.39 is 97.1 Å². The molecule has 2 rings (SSSR count). The molecule has 106 valence electrons. The second-order valence-electron chi connectivity index (χ2n) is 3.84. The minimum absolute atomic E-state index is 0.867. The number of benzene rings is 2. The van der Waals surface area contributed by atoms with Crippen LogP contribution in [0.5, 0.6) is 0 Å². The molecule has 0 aliphatic carbocycles. The Labute approximate surface area is 144 Å². The van der Waals surface area contributed by atoms with Crippen LogP contribution in [0.1, 0.15) is 44.7 Å². The third-order valence-electron chi connectivity index (χ3n) is 2.13. The lowest BCUT2D eigenvalue weighted by molar-refractivity contribution is 0.0683. The molecule has 0 aliphatic rings. The summed E-state index contributed by atoms with van der Waals surface area (Å²) < 4.78 is 135. The molecule has 0 N–H and O–H groups in total. The van der Waals surface area contributed by atoms with Crippen LogP contribution in [0.25, 0.3) is 0 Å². The number of nitrogens with zero attached hydrogens (tertiary/aromatic N) is 1. The largest absolute Gasteiger partial charge is 0.367 e. The second-order valence-corrected chi connectivity index (χ2v) is 3.84. The van der Waals surface area contributed by atoms with Crippen molar-refractivity contribution in [3.05, 3.63) is 71.1 Å². The minimum atomic E-state index is -3.36. The molecule has 2 heteroatoms. The zero-order valence-corrected chi connectivity index (χ0v) is 10.9. The fourth-order valence-electron chi connectivity index (χ4n) is 1.28. The number of likely N-dealkylation sites (N-methyl/N-ethyl adjacent to an activating group) is 1. The van der Waals surface area contributed by atoms with Gasteiger partial charge in [0.25, 0.3) is 0 Å². The van der Waals surface area contributed by atoms with Crippen LogP contribution < -0.4 is 0 Å². The van der Waals surface area contributed by atoms with Crippen LogP contribution in [-0.2, 0) is 4.74 Å². The summed E-state index contributed by atoms with van der Waals surface area (Å²) in [7, 11) is 2.45. The van der Waals surface area contributed by atoms with Gasteiger partial charge in [-0.2, -0.15) is 0 Å². The number of hydrogen-bond acceptors (Lipinski definition) is 2. The second kappa shape index (κ2) is 7.22. The van der Waals surface area contributed by atoms with E-state index in [0.29, 0.717) is 0 Å². The predicted molar refractivity (Wildman–Crippen MR) is 84.0 cm³/mol. The van der Waals surface area contributed by atoms with Gasteiger partial charge in [-0.1, -0.05) is 54.4 Å². The van der Waals surface area contributed by atoms with E-state index in [1.807, 2.05) is 0 Å². The Balaban J connectivity index is 3.21. The van der Waals surface area contributed by atoms with Gasteiger partial charge in [0.05, 0.1) is 21.7 Å². The van der Waals surface area contributed by atoms with Crippen LogP contribution in [0.15, 0.2) is 54.4 Å². The fourth-order valence-corrected chi connectivity index (χ4v) is 1.28. The van der Waals surface area contributed by atoms with Gasteiger partial charge in [-0.3, -0.25) is 0 Å². The molecule has 0 heterocycles. The first-order valence-corrected chi connectivity index (χ1v) is 5.60. The van der Waals surface area contributed by atoms with Gasteiger partial charge >= 0.3 is 0 Å². The van der Waals surface area contributed by atoms with Gasteiger partial charge in [-0.15, -0.1) is 0 Å². The fraction of sp³-hybridized carbons (Fsp3) is 0.333. The van der Waals surface area contributed by atoms with Crippen LogP contribution in [-0.4, -0.2) is 32.1 Å². The zero-order valence-electron chi connectivity index (χ0n) is 26.9. The molecular formula is C18H23NO. The Hall–Kier alpha value is -1.64. The maximum atomic E-state index is 9.13. The summed E-state index contributed by atoms with van der Waals surface area (Å²) in [5, 5.41) is 0. The molecule has 20 heavy (non-hydrogen) atoms. The van der Waals surface area contributed by atoms with Gasteiger partial charge in [0.2, 0.25) is 0 Å². The van der Waals surface area contributed by atoms with Gasteiger partial charge < -0.3 is 9.64 Å². The standard InChI is InChI=1S/C18H23NO/c1-15-9-7-8-12-17(15)18(20-14-13-19(2)3)16-10-5-4-6-11-16/h4-12,18H,13-14H2,1-3H3/i1D3,4D,5D,6D,7D,8D,9D,10D,11D,12D,13D2,14D,18D. The first-order chi connectivity index (χ1) is 16.1. The summed E-state index contributed by atoms with van der Waals surface area (Å²) in [6.07, 6.45) is -3.36. The molecular weight excluding hydrogens is 246 g/mol. The van der Waals surface area contributed by atoms with Gasteiger partial charge in [0.15, 0.2) is 0 Å². The van der Waals surface area contributed by atoms with Crippen molar-refractivity contribution in [2.24, 2.45) is 0 Å². The Morgan fingerprint density at radius 3 is 2.60 bits per heavy atom. The number of ether oxygens (including phenoxy) is 1. The Bertz CT molecular complexity index is 1160. The lowest BCUT2D eigenvalue weighted by Gasteiger charge is -2.22. The Kier molecular flexibility index (Phi) is 1.60. The van der Waals surface area contributed by atoms with E-state index in [4.69, 9.17) is 26.7 Å². The van der Waals surface area contributed by atoms with Gasteiger partial charge in [0.1, 0.15) is 6.08 Å². The van der Waals surface area contributed by atoms with Crippen molar-refractivity contribution in [2.45, 2.75) is 12.9 Å². The van der Waals surface area contributed by atoms with Gasteiger partial charge in [-0.25, -0.2) is 0 Å². The molecule has 0 bridgehead atoms. The first-order valence-electron chi connectivity index (χ1n) is 13.7. The molecule has 0 aromatic heterocycles. The highest BCUT2D eigenvalue weighted by molar-refractivity contribution is 5.35. The highest BCUT2D eigenvalue weighted by Crippen LogP contribution is 2.28. The maximum Gasteiger partial charge on any atom is 0.108 e. The molecule has 0 amide bonds. The molecule has 0 saturated heterocycles. The van der Waals surface area contributed by atoms with Crippen molar-refractivity contribution in [1.29, 1.82) is 0 Å². The Morgan fingerprint density at radius 1 is 1.20 bits per heavy atom. The predicted octanol–water partition coefficient (Wildman–Crippen LogP) is 3.66. The van der Waals surface area contributed by atoms with Crippen LogP contribution >= 0.6 is 0 Å². The topological polar surface area (TPSA) is 12.5 Å². The summed E-state index contributed by atoms with van der Waals surface area (Å²) >= 11 is 0. The lowest BCUT2D eigenvalue weighted by atomic mass is 9.97. The van der Waals surface area contributed by atoms with Crippen LogP contribution in [0.3, 0.4) is 0 Å². The molecule has 0 spiro atoms. The van der Waals surface area contributed by atoms with E-state index in [9.17, 15) is 0 Å². The lowest BCUT2D eigenvalue weighted by Crippen LogP contribution is -2.20. The summed E-state index contributed by atoms with van der Waals surface area (Å²) in [4.78, 5) is 0.887. The van der Waals surface area contributed by atoms with E-state index in [2.05, 4.69) is 0 Å². The third-order valence-corrected chi connectivity index (χ3v) is 2.13. The SMILES string of the molecule is [2H]c1c([2H])c([2H])c(C([2H])(OC([2H])C([2H])([2H])N(C)C)c2c([2H])c([2H])c([2H])c([2H])c2C([2H])([2H])[2H])c([2H])c1[2H]. The molecule has 0 saturated carbocycles. The van der Waals surface area contributed by atoms with Crippen molar-refractivity contribution < 1.29 is 26.7 Å². The molecule has 2 aromatic carbocycles. The van der Waals surface area contributed by atoms with E-state index in [0.717, 1.165) is 4.90 Å². The molecule has 0 radical (unpaired) electrons. The van der Waals surface area contributed by atoms with Crippen molar-refractivity contribution >= 4 is 0 Å². The molecule has 0 aliphatic heterocycles. The number of hydrogen-bond donors (Lipinski definition) is 0. The molecule has 2 aromatic rings. The summed E-state index contributed by atoms with van der Waals surface area (Å²) in [6, 6.07) is -9.09. The first kappa shape index (κ1) is 4.43. The molecule has 0 fully saturated rings. The van der Waals surface area contributed by atoms with Crippen LogP contribution in [0.2, 0.25) is 0 Å². The molecule has 2 atom stereocenters. The van der Waals surface area contributed by atoms with Crippen molar-refractivity contribution in [3.8, 4) is 0 Å². The van der Waals surface area contributed by atoms with Crippen molar-refractivity contribution in [2.75, 3.05) is 27.2 Å². The third kappa shape index (κ3) is 3.92. The van der Waals surface area contributed by atoms with Crippen LogP contribution in [0, 0.1) is 6.85 Å². The maximum absolute atomic E-state index is 9.13. The van der Waals surface area contributed by atoms with Gasteiger partial charge in [-0.05, 0) is 37.6 Å². The van der Waals surface area contributed by atoms with Crippen molar-refractivity contribution in [3.63, 3.8) is 0 Å². The summed E-state index contributed by atoms with van der Waals surface area (Å²) in [6.45, 7) is -8.37. The average molecular weight is 285 g/mol.